The van der Waals surface area contributed by atoms with Crippen molar-refractivity contribution in [2.75, 3.05) is 33.5 Å². The minimum Gasteiger partial charge on any atom is -0.511 e. The third kappa shape index (κ3) is 10.5. The van der Waals surface area contributed by atoms with E-state index in [4.69, 9.17) is 42.6 Å². The summed E-state index contributed by atoms with van der Waals surface area (Å²) in [6.07, 6.45) is -46.1. The molecule has 31 heteroatoms. The van der Waals surface area contributed by atoms with Crippen LogP contribution < -0.4 is 10.2 Å². The van der Waals surface area contributed by atoms with E-state index in [1.54, 1.807) is 5.48 Å². The van der Waals surface area contributed by atoms with Crippen LogP contribution >= 0.6 is 0 Å². The molecule has 0 spiro atoms. The lowest BCUT2D eigenvalue weighted by Gasteiger charge is -2.50. The lowest BCUT2D eigenvalue weighted by molar-refractivity contribution is -0.377. The number of nitrogens with one attached hydrogen (secondary N) is 1. The van der Waals surface area contributed by atoms with E-state index in [1.165, 1.54) is 25.3 Å². The summed E-state index contributed by atoms with van der Waals surface area (Å²) in [5.74, 6) is -9.01. The number of hydroxylamine groups is 1. The van der Waals surface area contributed by atoms with Gasteiger partial charge >= 0.3 is 6.36 Å². The SMILES string of the molecule is COc1cccc2c1C(=O)C1C(O)=C3C(=C(O[C@@H]4O[C@H](CO)[C@H](O)[C@H](O)[C@H]4O)C1C2=O)CC(O[C@@H]1O[C@H](CO)[C@H](O)[C@H](O)[C@H]1O)(C(C)=O)CC3O[C@@H]1OC[C@H](O[C@@H]2O[C@H](CO)[C@H](O)[C@H](O)[C@H]2O)[C@H](NOC(F)(F)F)[C@H]1O. The molecule has 1 aromatic rings. The van der Waals surface area contributed by atoms with Crippen LogP contribution in [0.15, 0.2) is 40.9 Å². The van der Waals surface area contributed by atoms with Gasteiger partial charge < -0.3 is 114 Å². The molecule has 1 saturated carbocycles. The maximum Gasteiger partial charge on any atom is 0.538 e. The Labute approximate surface area is 426 Å². The molecular weight excluding hydrogens is 1040 g/mol. The number of hydrogen-bond donors (Lipinski definition) is 15. The number of ketones is 3. The summed E-state index contributed by atoms with van der Waals surface area (Å²) in [6.45, 7) is -3.00. The zero-order valence-electron chi connectivity index (χ0n) is 39.9. The quantitative estimate of drug-likeness (QED) is 0.0727. The lowest BCUT2D eigenvalue weighted by Crippen LogP contribution is -2.65. The van der Waals surface area contributed by atoms with Gasteiger partial charge in [0, 0.05) is 29.6 Å². The van der Waals surface area contributed by atoms with E-state index in [0.29, 0.717) is 0 Å². The zero-order chi connectivity index (χ0) is 55.6. The van der Waals surface area contributed by atoms with Gasteiger partial charge in [-0.15, -0.1) is 13.2 Å². The highest BCUT2D eigenvalue weighted by molar-refractivity contribution is 6.19. The highest BCUT2D eigenvalue weighted by Gasteiger charge is 2.61. The Morgan fingerprint density at radius 2 is 1.28 bits per heavy atom. The summed E-state index contributed by atoms with van der Waals surface area (Å²) in [5.41, 5.74) is -2.78. The maximum atomic E-state index is 14.9. The van der Waals surface area contributed by atoms with Crippen molar-refractivity contribution in [2.24, 2.45) is 11.8 Å². The van der Waals surface area contributed by atoms with Gasteiger partial charge in [-0.25, -0.2) is 4.84 Å². The Hall–Kier alpha value is -3.98. The molecule has 4 unspecified atom stereocenters. The van der Waals surface area contributed by atoms with Crippen molar-refractivity contribution in [3.8, 4) is 5.75 Å². The Morgan fingerprint density at radius 3 is 1.83 bits per heavy atom. The molecule has 4 heterocycles. The lowest BCUT2D eigenvalue weighted by atomic mass is 9.63. The van der Waals surface area contributed by atoms with Crippen molar-refractivity contribution in [3.05, 3.63) is 52.0 Å². The highest BCUT2D eigenvalue weighted by Crippen LogP contribution is 2.54. The average Bonchev–Trinajstić information content (AvgIpc) is 3.38. The fourth-order valence-corrected chi connectivity index (χ4v) is 10.5. The normalized spacial score (nSPS) is 43.0. The number of aliphatic hydroxyl groups is 14. The van der Waals surface area contributed by atoms with E-state index in [0.717, 1.165) is 6.92 Å². The van der Waals surface area contributed by atoms with Gasteiger partial charge in [0.2, 0.25) is 6.29 Å². The molecule has 4 saturated heterocycles. The molecule has 0 aromatic heterocycles. The Bertz CT molecular complexity index is 2370. The summed E-state index contributed by atoms with van der Waals surface area (Å²) in [6, 6.07) is 1.70. The molecule has 76 heavy (non-hydrogen) atoms. The van der Waals surface area contributed by atoms with Gasteiger partial charge in [-0.1, -0.05) is 12.1 Å². The van der Waals surface area contributed by atoms with Gasteiger partial charge in [0.25, 0.3) is 0 Å². The number of fused-ring (bicyclic) bond motifs is 3. The number of Topliss-reactive ketones (excluding diaryl/α,β-unsaturated/α-hetero) is 3. The molecule has 4 aliphatic heterocycles. The number of benzene rings is 1. The number of allylic oxidation sites excluding steroid dienone is 2. The van der Waals surface area contributed by atoms with E-state index in [-0.39, 0.29) is 16.9 Å². The van der Waals surface area contributed by atoms with E-state index in [9.17, 15) is 99.0 Å². The van der Waals surface area contributed by atoms with Crippen LogP contribution in [0.25, 0.3) is 0 Å². The molecule has 5 fully saturated rings. The summed E-state index contributed by atoms with van der Waals surface area (Å²) >= 11 is 0. The van der Waals surface area contributed by atoms with Gasteiger partial charge in [-0.3, -0.25) is 14.4 Å². The number of methoxy groups -OCH3 is 1. The van der Waals surface area contributed by atoms with Crippen LogP contribution in [0.1, 0.15) is 40.5 Å². The summed E-state index contributed by atoms with van der Waals surface area (Å²) in [7, 11) is 1.17. The number of alkyl halides is 3. The molecule has 3 aliphatic carbocycles. The number of carbonyl (C=O) groups excluding carboxylic acids is 3. The molecule has 7 aliphatic rings. The smallest absolute Gasteiger partial charge is 0.511 e. The second-order valence-corrected chi connectivity index (χ2v) is 19.2. The Morgan fingerprint density at radius 1 is 0.724 bits per heavy atom. The first-order valence-electron chi connectivity index (χ1n) is 23.6. The van der Waals surface area contributed by atoms with Gasteiger partial charge in [0.05, 0.1) is 63.1 Å². The van der Waals surface area contributed by atoms with Crippen LogP contribution in [0, 0.1) is 11.8 Å². The molecule has 1 aromatic carbocycles. The molecule has 28 nitrogen and oxygen atoms in total. The largest absolute Gasteiger partial charge is 0.538 e. The number of halogens is 3. The van der Waals surface area contributed by atoms with E-state index >= 15 is 0 Å². The summed E-state index contributed by atoms with van der Waals surface area (Å²) in [5, 5.41) is 151. The zero-order valence-corrected chi connectivity index (χ0v) is 39.9. The van der Waals surface area contributed by atoms with Crippen LogP contribution in [0.4, 0.5) is 13.2 Å². The highest BCUT2D eigenvalue weighted by atomic mass is 19.4. The van der Waals surface area contributed by atoms with E-state index < -0.39 is 226 Å². The second-order valence-electron chi connectivity index (χ2n) is 19.2. The van der Waals surface area contributed by atoms with Crippen molar-refractivity contribution in [3.63, 3.8) is 0 Å². The standard InChI is InChI=1S/C45H58F3NO27/c1-12(53)44(75-43-38(66)35(63)29(57)19(10-52)72-43)6-14-22(16(7-44)69-40-32(60)25(49-76-45(46,47)48)20(11-68-40)73-41-36(64)33(61)27(55)17(8-50)70-41)31(59)23-24(26(54)13-4-3-5-15(67-2)21(13)30(23)58)39(14)74-42-37(65)34(62)28(56)18(9-51)71-42/h3-5,16-20,23-25,27-29,32-38,40-43,49-52,55-57,59-66H,6-11H2,1-2H3/t16?,17-,18-,19-,20+,23?,24?,25+,27+,28+,29+,32-,33+,34+,35+,36-,37-,38-,40+,41+,42+,43+,44?/m1/s1. The number of aliphatic hydroxyl groups excluding tert-OH is 14. The van der Waals surface area contributed by atoms with Crippen LogP contribution in [-0.4, -0.2) is 257 Å². The van der Waals surface area contributed by atoms with Crippen LogP contribution in [0.3, 0.4) is 0 Å². The van der Waals surface area contributed by atoms with Gasteiger partial charge in [-0.2, -0.15) is 5.48 Å². The van der Waals surface area contributed by atoms with Gasteiger partial charge in [-0.05, 0) is 13.0 Å². The van der Waals surface area contributed by atoms with Crippen molar-refractivity contribution >= 4 is 17.3 Å². The topological polar surface area (TPSA) is 439 Å². The molecule has 0 amide bonds. The number of ether oxygens (including phenoxy) is 9. The number of carbonyl (C=O) groups is 3. The van der Waals surface area contributed by atoms with E-state index in [2.05, 4.69) is 4.84 Å². The summed E-state index contributed by atoms with van der Waals surface area (Å²) in [4.78, 5) is 48.0. The van der Waals surface area contributed by atoms with Crippen molar-refractivity contribution in [1.29, 1.82) is 0 Å². The molecule has 8 rings (SSSR count). The fourth-order valence-electron chi connectivity index (χ4n) is 10.5. The molecule has 23 atom stereocenters. The first-order chi connectivity index (χ1) is 35.8. The first-order valence-corrected chi connectivity index (χ1v) is 23.6. The van der Waals surface area contributed by atoms with Crippen LogP contribution in [0.2, 0.25) is 0 Å². The predicted molar refractivity (Wildman–Crippen MR) is 231 cm³/mol. The first kappa shape index (κ1) is 58.2. The van der Waals surface area contributed by atoms with Crippen LogP contribution in [0.5, 0.6) is 5.75 Å². The monoisotopic (exact) mass is 1100 g/mol. The number of rotatable bonds is 15. The predicted octanol–water partition coefficient (Wildman–Crippen LogP) is -6.16. The average molecular weight is 1100 g/mol. The van der Waals surface area contributed by atoms with Crippen LogP contribution in [-0.2, 0) is 47.5 Å². The molecule has 0 radical (unpaired) electrons. The molecule has 15 N–H and O–H groups in total. The Balaban J connectivity index is 1.27. The second kappa shape index (κ2) is 22.6. The van der Waals surface area contributed by atoms with Crippen molar-refractivity contribution < 1.29 is 147 Å². The number of hydrogen-bond acceptors (Lipinski definition) is 28. The third-order valence-electron chi connectivity index (χ3n) is 14.6. The van der Waals surface area contributed by atoms with E-state index in [1.807, 2.05) is 0 Å². The maximum absolute atomic E-state index is 14.9. The molecular formula is C45H58F3NO27. The van der Waals surface area contributed by atoms with Gasteiger partial charge in [0.1, 0.15) is 108 Å². The molecule has 0 bridgehead atoms. The summed E-state index contributed by atoms with van der Waals surface area (Å²) < 4.78 is 93.1. The minimum atomic E-state index is -5.48. The van der Waals surface area contributed by atoms with Crippen molar-refractivity contribution in [2.45, 2.75) is 154 Å². The molecule has 426 valence electrons. The Kier molecular flexibility index (Phi) is 17.3. The van der Waals surface area contributed by atoms with Crippen molar-refractivity contribution in [1.82, 2.24) is 5.48 Å². The van der Waals surface area contributed by atoms with Gasteiger partial charge in [0.15, 0.2) is 36.2 Å². The third-order valence-corrected chi connectivity index (χ3v) is 14.6. The fraction of sp³-hybridized carbons (Fsp3) is 0.711. The minimum absolute atomic E-state index is 0.155.